The molecule has 0 N–H and O–H groups in total. The average Bonchev–Trinajstić information content (AvgIpc) is 2.41. The van der Waals surface area contributed by atoms with Crippen LogP contribution < -0.4 is 0 Å². The zero-order chi connectivity index (χ0) is 13.0. The standard InChI is InChI=1S/C10H19BO3.C2H6/c1-7-8(12-6)11-13-9(2,3)10(4,5)14-11;1-2/h7H,1-6H3;1-2H3/b8-7-;. The highest BCUT2D eigenvalue weighted by atomic mass is 16.7. The lowest BCUT2D eigenvalue weighted by Crippen LogP contribution is -2.41. The molecule has 4 heteroatoms. The van der Waals surface area contributed by atoms with Crippen molar-refractivity contribution in [2.45, 2.75) is 59.7 Å². The summed E-state index contributed by atoms with van der Waals surface area (Å²) in [6.07, 6.45) is 1.86. The molecule has 94 valence electrons. The van der Waals surface area contributed by atoms with Crippen molar-refractivity contribution < 1.29 is 14.0 Å². The Labute approximate surface area is 100 Å². The first kappa shape index (κ1) is 15.5. The second kappa shape index (κ2) is 5.73. The Kier molecular flexibility index (Phi) is 5.56. The van der Waals surface area contributed by atoms with Crippen LogP contribution in [0, 0.1) is 0 Å². The van der Waals surface area contributed by atoms with E-state index < -0.39 is 0 Å². The van der Waals surface area contributed by atoms with Gasteiger partial charge in [0.15, 0.2) is 0 Å². The third-order valence-electron chi connectivity index (χ3n) is 3.01. The predicted molar refractivity (Wildman–Crippen MR) is 68.2 cm³/mol. The van der Waals surface area contributed by atoms with E-state index in [4.69, 9.17) is 14.0 Å². The highest BCUT2D eigenvalue weighted by molar-refractivity contribution is 6.53. The van der Waals surface area contributed by atoms with Gasteiger partial charge in [-0.25, -0.2) is 0 Å². The Morgan fingerprint density at radius 3 is 1.69 bits per heavy atom. The fourth-order valence-electron chi connectivity index (χ4n) is 1.31. The monoisotopic (exact) mass is 228 g/mol. The van der Waals surface area contributed by atoms with Crippen LogP contribution in [0.15, 0.2) is 11.7 Å². The van der Waals surface area contributed by atoms with Crippen molar-refractivity contribution in [3.63, 3.8) is 0 Å². The van der Waals surface area contributed by atoms with Gasteiger partial charge in [0.1, 0.15) is 5.66 Å². The van der Waals surface area contributed by atoms with Crippen LogP contribution in [0.3, 0.4) is 0 Å². The van der Waals surface area contributed by atoms with Gasteiger partial charge >= 0.3 is 7.12 Å². The van der Waals surface area contributed by atoms with E-state index in [1.54, 1.807) is 7.11 Å². The SMILES string of the molecule is C/C=C(\OC)B1OC(C)(C)C(C)(C)O1.CC. The van der Waals surface area contributed by atoms with Gasteiger partial charge in [-0.15, -0.1) is 0 Å². The lowest BCUT2D eigenvalue weighted by Gasteiger charge is -2.32. The van der Waals surface area contributed by atoms with Crippen molar-refractivity contribution in [3.8, 4) is 0 Å². The van der Waals surface area contributed by atoms with Crippen LogP contribution in [-0.2, 0) is 14.0 Å². The van der Waals surface area contributed by atoms with E-state index in [9.17, 15) is 0 Å². The topological polar surface area (TPSA) is 27.7 Å². The fourth-order valence-corrected chi connectivity index (χ4v) is 1.31. The molecular formula is C12H25BO3. The van der Waals surface area contributed by atoms with Crippen molar-refractivity contribution in [2.24, 2.45) is 0 Å². The molecule has 0 aromatic rings. The number of methoxy groups -OCH3 is 1. The summed E-state index contributed by atoms with van der Waals surface area (Å²) < 4.78 is 16.8. The molecule has 0 radical (unpaired) electrons. The Morgan fingerprint density at radius 1 is 1.06 bits per heavy atom. The first-order valence-corrected chi connectivity index (χ1v) is 5.90. The number of ether oxygens (including phenoxy) is 1. The zero-order valence-electron chi connectivity index (χ0n) is 11.9. The number of allylic oxidation sites excluding steroid dienone is 1. The van der Waals surface area contributed by atoms with Crippen LogP contribution in [0.2, 0.25) is 0 Å². The summed E-state index contributed by atoms with van der Waals surface area (Å²) in [4.78, 5) is 0. The maximum atomic E-state index is 5.79. The molecule has 0 saturated carbocycles. The van der Waals surface area contributed by atoms with Gasteiger partial charge in [-0.2, -0.15) is 0 Å². The van der Waals surface area contributed by atoms with E-state index >= 15 is 0 Å². The smallest absolute Gasteiger partial charge is 0.505 e. The first-order chi connectivity index (χ1) is 7.34. The van der Waals surface area contributed by atoms with E-state index in [1.165, 1.54) is 0 Å². The van der Waals surface area contributed by atoms with Gasteiger partial charge in [0.2, 0.25) is 0 Å². The number of rotatable bonds is 2. The molecule has 0 unspecified atom stereocenters. The summed E-state index contributed by atoms with van der Waals surface area (Å²) in [5.41, 5.74) is 0.123. The Hall–Kier alpha value is -0.475. The highest BCUT2D eigenvalue weighted by Crippen LogP contribution is 2.38. The van der Waals surface area contributed by atoms with Gasteiger partial charge in [0.25, 0.3) is 0 Å². The fraction of sp³-hybridized carbons (Fsp3) is 0.833. The molecule has 1 heterocycles. The Morgan fingerprint density at radius 2 is 1.44 bits per heavy atom. The summed E-state index contributed by atoms with van der Waals surface area (Å²) in [5, 5.41) is 0. The Balaban J connectivity index is 0.00000106. The summed E-state index contributed by atoms with van der Waals surface area (Å²) in [6, 6.07) is 0. The third kappa shape index (κ3) is 3.02. The van der Waals surface area contributed by atoms with E-state index in [1.807, 2.05) is 54.5 Å². The zero-order valence-corrected chi connectivity index (χ0v) is 11.9. The molecule has 0 amide bonds. The number of hydrogen-bond donors (Lipinski definition) is 0. The molecule has 0 aliphatic carbocycles. The van der Waals surface area contributed by atoms with E-state index in [2.05, 4.69) is 0 Å². The second-order valence-electron chi connectivity index (χ2n) is 4.48. The van der Waals surface area contributed by atoms with Crippen molar-refractivity contribution in [1.29, 1.82) is 0 Å². The molecular weight excluding hydrogens is 203 g/mol. The molecule has 1 aliphatic rings. The molecule has 0 aromatic heterocycles. The number of hydrogen-bond acceptors (Lipinski definition) is 3. The van der Waals surface area contributed by atoms with Gasteiger partial charge in [-0.05, 0) is 34.6 Å². The molecule has 1 aliphatic heterocycles. The lowest BCUT2D eigenvalue weighted by atomic mass is 9.86. The van der Waals surface area contributed by atoms with Crippen LogP contribution >= 0.6 is 0 Å². The molecule has 16 heavy (non-hydrogen) atoms. The molecule has 1 rings (SSSR count). The van der Waals surface area contributed by atoms with Crippen molar-refractivity contribution >= 4 is 7.12 Å². The maximum absolute atomic E-state index is 5.79. The molecule has 0 bridgehead atoms. The van der Waals surface area contributed by atoms with Gasteiger partial charge in [-0.1, -0.05) is 19.9 Å². The first-order valence-electron chi connectivity index (χ1n) is 5.90. The molecule has 1 fully saturated rings. The average molecular weight is 228 g/mol. The molecule has 3 nitrogen and oxygen atoms in total. The molecule has 1 saturated heterocycles. The van der Waals surface area contributed by atoms with Crippen LogP contribution in [0.5, 0.6) is 0 Å². The summed E-state index contributed by atoms with van der Waals surface area (Å²) in [7, 11) is 1.25. The minimum Gasteiger partial charge on any atom is -0.505 e. The molecule has 0 atom stereocenters. The van der Waals surface area contributed by atoms with Crippen LogP contribution in [0.25, 0.3) is 0 Å². The van der Waals surface area contributed by atoms with E-state index in [-0.39, 0.29) is 18.3 Å². The van der Waals surface area contributed by atoms with Crippen LogP contribution in [0.4, 0.5) is 0 Å². The maximum Gasteiger partial charge on any atom is 0.531 e. The van der Waals surface area contributed by atoms with Crippen molar-refractivity contribution in [1.82, 2.24) is 0 Å². The lowest BCUT2D eigenvalue weighted by molar-refractivity contribution is 0.00578. The van der Waals surface area contributed by atoms with Crippen molar-refractivity contribution in [3.05, 3.63) is 11.7 Å². The van der Waals surface area contributed by atoms with Crippen LogP contribution in [0.1, 0.15) is 48.5 Å². The normalized spacial score (nSPS) is 22.5. The third-order valence-corrected chi connectivity index (χ3v) is 3.01. The summed E-state index contributed by atoms with van der Waals surface area (Å²) in [5.74, 6) is 0. The summed E-state index contributed by atoms with van der Waals surface area (Å²) >= 11 is 0. The van der Waals surface area contributed by atoms with Gasteiger partial charge in [-0.3, -0.25) is 0 Å². The van der Waals surface area contributed by atoms with Gasteiger partial charge in [0.05, 0.1) is 18.3 Å². The highest BCUT2D eigenvalue weighted by Gasteiger charge is 2.53. The minimum absolute atomic E-state index is 0.301. The predicted octanol–water partition coefficient (Wildman–Crippen LogP) is 3.19. The van der Waals surface area contributed by atoms with E-state index in [0.717, 1.165) is 5.66 Å². The van der Waals surface area contributed by atoms with Crippen LogP contribution in [-0.4, -0.2) is 25.4 Å². The van der Waals surface area contributed by atoms with E-state index in [0.29, 0.717) is 0 Å². The summed E-state index contributed by atoms with van der Waals surface area (Å²) in [6.45, 7) is 14.0. The van der Waals surface area contributed by atoms with Gasteiger partial charge in [0, 0.05) is 0 Å². The second-order valence-corrected chi connectivity index (χ2v) is 4.48. The largest absolute Gasteiger partial charge is 0.531 e. The quantitative estimate of drug-likeness (QED) is 0.536. The van der Waals surface area contributed by atoms with Crippen molar-refractivity contribution in [2.75, 3.05) is 7.11 Å². The Bertz CT molecular complexity index is 231. The molecule has 0 spiro atoms. The molecule has 0 aromatic carbocycles. The van der Waals surface area contributed by atoms with Gasteiger partial charge < -0.3 is 14.0 Å². The minimum atomic E-state index is -0.380.